The van der Waals surface area contributed by atoms with Crippen molar-refractivity contribution in [3.63, 3.8) is 0 Å². The van der Waals surface area contributed by atoms with Crippen molar-refractivity contribution < 1.29 is 14.3 Å². The third kappa shape index (κ3) is 4.47. The fourth-order valence-electron chi connectivity index (χ4n) is 1.63. The Kier molecular flexibility index (Phi) is 5.01. The molecule has 0 aliphatic heterocycles. The molecule has 0 saturated heterocycles. The minimum Gasteiger partial charge on any atom is -0.497 e. The maximum Gasteiger partial charge on any atom is 0.306 e. The summed E-state index contributed by atoms with van der Waals surface area (Å²) in [5.41, 5.74) is 1.09. The Hall–Kier alpha value is -1.51. The maximum atomic E-state index is 11.5. The molecular weight excluding hydrogens is 216 g/mol. The van der Waals surface area contributed by atoms with Gasteiger partial charge in [-0.1, -0.05) is 19.1 Å². The van der Waals surface area contributed by atoms with Gasteiger partial charge in [0.2, 0.25) is 0 Å². The molecule has 0 spiro atoms. The molecule has 1 unspecified atom stereocenters. The molecule has 0 aliphatic carbocycles. The molecule has 0 radical (unpaired) electrons. The highest BCUT2D eigenvalue weighted by molar-refractivity contribution is 5.70. The van der Waals surface area contributed by atoms with Crippen LogP contribution in [-0.2, 0) is 9.53 Å². The predicted molar refractivity (Wildman–Crippen MR) is 67.3 cm³/mol. The molecule has 0 N–H and O–H groups in total. The van der Waals surface area contributed by atoms with E-state index in [9.17, 15) is 4.79 Å². The zero-order valence-electron chi connectivity index (χ0n) is 10.9. The van der Waals surface area contributed by atoms with Crippen molar-refractivity contribution in [2.24, 2.45) is 0 Å². The normalized spacial score (nSPS) is 12.3. The van der Waals surface area contributed by atoms with E-state index < -0.39 is 0 Å². The van der Waals surface area contributed by atoms with E-state index in [1.807, 2.05) is 45.0 Å². The highest BCUT2D eigenvalue weighted by Gasteiger charge is 2.13. The molecule has 0 fully saturated rings. The van der Waals surface area contributed by atoms with Crippen molar-refractivity contribution in [2.75, 3.05) is 7.11 Å². The van der Waals surface area contributed by atoms with Crippen LogP contribution in [0.5, 0.6) is 5.75 Å². The molecule has 1 aromatic rings. The Morgan fingerprint density at radius 2 is 2.00 bits per heavy atom. The van der Waals surface area contributed by atoms with E-state index in [1.54, 1.807) is 7.11 Å². The summed E-state index contributed by atoms with van der Waals surface area (Å²) in [6, 6.07) is 7.77. The Morgan fingerprint density at radius 1 is 1.29 bits per heavy atom. The molecule has 1 atom stereocenters. The number of esters is 1. The van der Waals surface area contributed by atoms with Gasteiger partial charge in [-0.3, -0.25) is 4.79 Å². The average Bonchev–Trinajstić information content (AvgIpc) is 2.27. The molecule has 0 saturated carbocycles. The Morgan fingerprint density at radius 3 is 2.59 bits per heavy atom. The van der Waals surface area contributed by atoms with E-state index in [2.05, 4.69) is 0 Å². The molecule has 17 heavy (non-hydrogen) atoms. The van der Waals surface area contributed by atoms with Crippen molar-refractivity contribution in [1.29, 1.82) is 0 Å². The third-order valence-corrected chi connectivity index (χ3v) is 2.50. The Labute approximate surface area is 103 Å². The summed E-state index contributed by atoms with van der Waals surface area (Å²) >= 11 is 0. The number of ether oxygens (including phenoxy) is 2. The lowest BCUT2D eigenvalue weighted by Crippen LogP contribution is -2.13. The molecular formula is C14H20O3. The van der Waals surface area contributed by atoms with Crippen molar-refractivity contribution in [3.05, 3.63) is 29.8 Å². The van der Waals surface area contributed by atoms with Gasteiger partial charge in [0, 0.05) is 0 Å². The van der Waals surface area contributed by atoms with Gasteiger partial charge in [0.25, 0.3) is 0 Å². The standard InChI is InChI=1S/C14H20O3/c1-10(2)17-14(15)8-11(3)12-6-5-7-13(9-12)16-4/h5-7,9-11H,8H2,1-4H3. The largest absolute Gasteiger partial charge is 0.497 e. The van der Waals surface area contributed by atoms with E-state index in [0.29, 0.717) is 6.42 Å². The Bertz CT molecular complexity index is 371. The second kappa shape index (κ2) is 6.28. The number of hydrogen-bond donors (Lipinski definition) is 0. The van der Waals surface area contributed by atoms with Gasteiger partial charge in [0.15, 0.2) is 0 Å². The zero-order chi connectivity index (χ0) is 12.8. The van der Waals surface area contributed by atoms with Crippen LogP contribution in [0.15, 0.2) is 24.3 Å². The number of benzene rings is 1. The van der Waals surface area contributed by atoms with E-state index in [-0.39, 0.29) is 18.0 Å². The van der Waals surface area contributed by atoms with Crippen LogP contribution in [0.25, 0.3) is 0 Å². The maximum absolute atomic E-state index is 11.5. The van der Waals surface area contributed by atoms with Gasteiger partial charge in [0.1, 0.15) is 5.75 Å². The molecule has 1 aromatic carbocycles. The number of hydrogen-bond acceptors (Lipinski definition) is 3. The second-order valence-corrected chi connectivity index (χ2v) is 4.42. The third-order valence-electron chi connectivity index (χ3n) is 2.50. The molecule has 0 aromatic heterocycles. The van der Waals surface area contributed by atoms with E-state index in [0.717, 1.165) is 11.3 Å². The highest BCUT2D eigenvalue weighted by atomic mass is 16.5. The number of carbonyl (C=O) groups is 1. The summed E-state index contributed by atoms with van der Waals surface area (Å²) in [6.07, 6.45) is 0.339. The minimum atomic E-state index is -0.157. The first-order chi connectivity index (χ1) is 8.02. The van der Waals surface area contributed by atoms with Gasteiger partial charge in [-0.15, -0.1) is 0 Å². The predicted octanol–water partition coefficient (Wildman–Crippen LogP) is 3.14. The first kappa shape index (κ1) is 13.6. The summed E-state index contributed by atoms with van der Waals surface area (Å²) in [5, 5.41) is 0. The SMILES string of the molecule is COc1cccc(C(C)CC(=O)OC(C)C)c1. The summed E-state index contributed by atoms with van der Waals surface area (Å²) in [5.74, 6) is 0.790. The van der Waals surface area contributed by atoms with Crippen molar-refractivity contribution in [1.82, 2.24) is 0 Å². The molecule has 0 bridgehead atoms. The van der Waals surface area contributed by atoms with Crippen LogP contribution in [0, 0.1) is 0 Å². The summed E-state index contributed by atoms with van der Waals surface area (Å²) in [6.45, 7) is 5.72. The van der Waals surface area contributed by atoms with Crippen LogP contribution < -0.4 is 4.74 Å². The summed E-state index contributed by atoms with van der Waals surface area (Å²) in [7, 11) is 1.64. The number of rotatable bonds is 5. The second-order valence-electron chi connectivity index (χ2n) is 4.42. The minimum absolute atomic E-state index is 0.0555. The van der Waals surface area contributed by atoms with E-state index in [1.165, 1.54) is 0 Å². The molecule has 0 amide bonds. The zero-order valence-corrected chi connectivity index (χ0v) is 10.9. The van der Waals surface area contributed by atoms with E-state index >= 15 is 0 Å². The van der Waals surface area contributed by atoms with Crippen molar-refractivity contribution in [2.45, 2.75) is 39.2 Å². The van der Waals surface area contributed by atoms with Crippen LogP contribution in [0.1, 0.15) is 38.7 Å². The van der Waals surface area contributed by atoms with Crippen LogP contribution in [0.4, 0.5) is 0 Å². The van der Waals surface area contributed by atoms with Crippen LogP contribution in [0.2, 0.25) is 0 Å². The van der Waals surface area contributed by atoms with Gasteiger partial charge in [-0.25, -0.2) is 0 Å². The van der Waals surface area contributed by atoms with Gasteiger partial charge in [0.05, 0.1) is 19.6 Å². The first-order valence-corrected chi connectivity index (χ1v) is 5.86. The van der Waals surface area contributed by atoms with Crippen LogP contribution in [-0.4, -0.2) is 19.2 Å². The van der Waals surface area contributed by atoms with Crippen LogP contribution in [0.3, 0.4) is 0 Å². The van der Waals surface area contributed by atoms with Gasteiger partial charge in [-0.2, -0.15) is 0 Å². The lowest BCUT2D eigenvalue weighted by Gasteiger charge is -2.14. The average molecular weight is 236 g/mol. The monoisotopic (exact) mass is 236 g/mol. The Balaban J connectivity index is 2.62. The van der Waals surface area contributed by atoms with Gasteiger partial charge >= 0.3 is 5.97 Å². The molecule has 94 valence electrons. The lowest BCUT2D eigenvalue weighted by atomic mass is 9.98. The van der Waals surface area contributed by atoms with Crippen molar-refractivity contribution >= 4 is 5.97 Å². The molecule has 3 heteroatoms. The van der Waals surface area contributed by atoms with Gasteiger partial charge in [-0.05, 0) is 37.5 Å². The summed E-state index contributed by atoms with van der Waals surface area (Å²) in [4.78, 5) is 11.5. The lowest BCUT2D eigenvalue weighted by molar-refractivity contribution is -0.147. The van der Waals surface area contributed by atoms with Gasteiger partial charge < -0.3 is 9.47 Å². The molecule has 0 aliphatic rings. The summed E-state index contributed by atoms with van der Waals surface area (Å²) < 4.78 is 10.3. The molecule has 3 nitrogen and oxygen atoms in total. The number of carbonyl (C=O) groups excluding carboxylic acids is 1. The van der Waals surface area contributed by atoms with Crippen molar-refractivity contribution in [3.8, 4) is 5.75 Å². The van der Waals surface area contributed by atoms with E-state index in [4.69, 9.17) is 9.47 Å². The highest BCUT2D eigenvalue weighted by Crippen LogP contribution is 2.23. The quantitative estimate of drug-likeness (QED) is 0.737. The first-order valence-electron chi connectivity index (χ1n) is 5.86. The fraction of sp³-hybridized carbons (Fsp3) is 0.500. The van der Waals surface area contributed by atoms with Crippen LogP contribution >= 0.6 is 0 Å². The number of methoxy groups -OCH3 is 1. The fourth-order valence-corrected chi connectivity index (χ4v) is 1.63. The molecule has 1 rings (SSSR count). The molecule has 0 heterocycles. The topological polar surface area (TPSA) is 35.5 Å². The smallest absolute Gasteiger partial charge is 0.306 e.